The predicted octanol–water partition coefficient (Wildman–Crippen LogP) is 3.64. The van der Waals surface area contributed by atoms with Crippen LogP contribution in [0.3, 0.4) is 0 Å². The summed E-state index contributed by atoms with van der Waals surface area (Å²) in [5.74, 6) is 1.55. The Labute approximate surface area is 144 Å². The Morgan fingerprint density at radius 1 is 1.29 bits per heavy atom. The molecule has 1 fully saturated rings. The molecule has 1 aliphatic heterocycles. The molecule has 130 valence electrons. The zero-order chi connectivity index (χ0) is 17.1. The average Bonchev–Trinajstić information content (AvgIpc) is 3.13. The van der Waals surface area contributed by atoms with Crippen LogP contribution in [0.4, 0.5) is 5.69 Å². The van der Waals surface area contributed by atoms with Gasteiger partial charge in [-0.05, 0) is 57.0 Å². The lowest BCUT2D eigenvalue weighted by Gasteiger charge is -2.14. The van der Waals surface area contributed by atoms with E-state index < -0.39 is 0 Å². The van der Waals surface area contributed by atoms with Gasteiger partial charge in [-0.2, -0.15) is 0 Å². The number of aromatic nitrogens is 2. The number of nitrogens with one attached hydrogen (secondary N) is 1. The number of anilines is 1. The van der Waals surface area contributed by atoms with Crippen LogP contribution in [0.1, 0.15) is 45.9 Å². The summed E-state index contributed by atoms with van der Waals surface area (Å²) in [6, 6.07) is 6.05. The molecule has 0 spiro atoms. The molecule has 0 unspecified atom stereocenters. The Bertz CT molecular complexity index is 713. The topological polar surface area (TPSA) is 50.2 Å². The van der Waals surface area contributed by atoms with Gasteiger partial charge in [0, 0.05) is 18.7 Å². The molecule has 1 N–H and O–H groups in total. The van der Waals surface area contributed by atoms with Crippen LogP contribution in [0.5, 0.6) is 0 Å². The van der Waals surface area contributed by atoms with Crippen molar-refractivity contribution in [2.24, 2.45) is 5.92 Å². The summed E-state index contributed by atoms with van der Waals surface area (Å²) in [6.07, 6.45) is 3.12. The molecule has 1 amide bonds. The van der Waals surface area contributed by atoms with Crippen LogP contribution in [-0.4, -0.2) is 33.4 Å². The van der Waals surface area contributed by atoms with Gasteiger partial charge in [0.05, 0.1) is 17.6 Å². The molecule has 5 heteroatoms. The third-order valence-corrected chi connectivity index (χ3v) is 4.58. The van der Waals surface area contributed by atoms with Crippen LogP contribution in [0.2, 0.25) is 0 Å². The van der Waals surface area contributed by atoms with Gasteiger partial charge < -0.3 is 9.88 Å². The van der Waals surface area contributed by atoms with Crippen LogP contribution in [-0.2, 0) is 17.9 Å². The number of imidazole rings is 1. The van der Waals surface area contributed by atoms with Crippen LogP contribution >= 0.6 is 0 Å². The minimum atomic E-state index is 0.0663. The number of amides is 1. The van der Waals surface area contributed by atoms with Gasteiger partial charge in [0.15, 0.2) is 0 Å². The fourth-order valence-corrected chi connectivity index (χ4v) is 3.45. The van der Waals surface area contributed by atoms with Gasteiger partial charge in [-0.1, -0.05) is 13.8 Å². The Hall–Kier alpha value is -1.88. The van der Waals surface area contributed by atoms with Gasteiger partial charge >= 0.3 is 0 Å². The molecule has 5 nitrogen and oxygen atoms in total. The molecule has 0 aliphatic carbocycles. The Kier molecular flexibility index (Phi) is 5.19. The third kappa shape index (κ3) is 3.78. The number of rotatable bonds is 6. The maximum atomic E-state index is 12.0. The van der Waals surface area contributed by atoms with E-state index in [2.05, 4.69) is 41.6 Å². The fourth-order valence-electron chi connectivity index (χ4n) is 3.45. The number of likely N-dealkylation sites (tertiary alicyclic amines) is 1. The summed E-state index contributed by atoms with van der Waals surface area (Å²) in [5, 5.41) is 2.99. The lowest BCUT2D eigenvalue weighted by atomic mass is 10.1. The predicted molar refractivity (Wildman–Crippen MR) is 98.0 cm³/mol. The van der Waals surface area contributed by atoms with E-state index >= 15 is 0 Å². The highest BCUT2D eigenvalue weighted by molar-refractivity contribution is 5.93. The van der Waals surface area contributed by atoms with Crippen molar-refractivity contribution in [2.75, 3.05) is 18.4 Å². The number of fused-ring (bicyclic) bond motifs is 1. The molecule has 3 rings (SSSR count). The Morgan fingerprint density at radius 2 is 2.04 bits per heavy atom. The summed E-state index contributed by atoms with van der Waals surface area (Å²) in [5.41, 5.74) is 2.95. The second kappa shape index (κ2) is 7.34. The molecule has 2 heterocycles. The number of carbonyl (C=O) groups excluding carboxylic acids is 1. The van der Waals surface area contributed by atoms with E-state index in [-0.39, 0.29) is 5.91 Å². The Morgan fingerprint density at radius 3 is 2.71 bits per heavy atom. The van der Waals surface area contributed by atoms with Crippen molar-refractivity contribution in [1.29, 1.82) is 0 Å². The summed E-state index contributed by atoms with van der Waals surface area (Å²) < 4.78 is 2.29. The van der Waals surface area contributed by atoms with Crippen LogP contribution in [0, 0.1) is 5.92 Å². The standard InChI is InChI=1S/C19H28N4O/c1-4-23-17-8-7-15(20-19(24)11-14(2)3)12-16(17)21-18(23)13-22-9-5-6-10-22/h7-8,12,14H,4-6,9-11,13H2,1-3H3,(H,20,24). The molecule has 0 radical (unpaired) electrons. The highest BCUT2D eigenvalue weighted by Crippen LogP contribution is 2.23. The first kappa shape index (κ1) is 17.0. The van der Waals surface area contributed by atoms with Gasteiger partial charge in [-0.15, -0.1) is 0 Å². The number of carbonyl (C=O) groups is 1. The van der Waals surface area contributed by atoms with E-state index in [1.807, 2.05) is 12.1 Å². The van der Waals surface area contributed by atoms with Crippen molar-refractivity contribution < 1.29 is 4.79 Å². The Balaban J connectivity index is 1.82. The van der Waals surface area contributed by atoms with Crippen molar-refractivity contribution in [3.05, 3.63) is 24.0 Å². The molecule has 1 aliphatic rings. The van der Waals surface area contributed by atoms with E-state index in [0.717, 1.165) is 35.6 Å². The number of nitrogens with zero attached hydrogens (tertiary/aromatic N) is 3. The van der Waals surface area contributed by atoms with Crippen molar-refractivity contribution in [3.63, 3.8) is 0 Å². The zero-order valence-corrected chi connectivity index (χ0v) is 15.0. The zero-order valence-electron chi connectivity index (χ0n) is 15.0. The summed E-state index contributed by atoms with van der Waals surface area (Å²) in [7, 11) is 0. The van der Waals surface area contributed by atoms with Crippen molar-refractivity contribution in [3.8, 4) is 0 Å². The van der Waals surface area contributed by atoms with Gasteiger partial charge in [0.2, 0.25) is 5.91 Å². The fraction of sp³-hybridized carbons (Fsp3) is 0.579. The molecule has 0 saturated carbocycles. The molecular weight excluding hydrogens is 300 g/mol. The third-order valence-electron chi connectivity index (χ3n) is 4.58. The van der Waals surface area contributed by atoms with Gasteiger partial charge in [-0.3, -0.25) is 9.69 Å². The van der Waals surface area contributed by atoms with E-state index in [9.17, 15) is 4.79 Å². The molecule has 1 saturated heterocycles. The first-order chi connectivity index (χ1) is 11.6. The van der Waals surface area contributed by atoms with Crippen molar-refractivity contribution in [2.45, 2.75) is 53.1 Å². The van der Waals surface area contributed by atoms with E-state index in [1.165, 1.54) is 25.9 Å². The van der Waals surface area contributed by atoms with Gasteiger partial charge in [0.1, 0.15) is 5.82 Å². The lowest BCUT2D eigenvalue weighted by molar-refractivity contribution is -0.116. The minimum Gasteiger partial charge on any atom is -0.327 e. The van der Waals surface area contributed by atoms with E-state index in [4.69, 9.17) is 4.98 Å². The summed E-state index contributed by atoms with van der Waals surface area (Å²) in [4.78, 5) is 19.3. The van der Waals surface area contributed by atoms with Gasteiger partial charge in [-0.25, -0.2) is 4.98 Å². The summed E-state index contributed by atoms with van der Waals surface area (Å²) >= 11 is 0. The molecule has 0 atom stereocenters. The average molecular weight is 328 g/mol. The maximum absolute atomic E-state index is 12.0. The molecule has 24 heavy (non-hydrogen) atoms. The first-order valence-corrected chi connectivity index (χ1v) is 9.08. The quantitative estimate of drug-likeness (QED) is 0.881. The lowest BCUT2D eigenvalue weighted by Crippen LogP contribution is -2.21. The van der Waals surface area contributed by atoms with Gasteiger partial charge in [0.25, 0.3) is 0 Å². The number of aryl methyl sites for hydroxylation is 1. The molecule has 0 bridgehead atoms. The molecule has 1 aromatic heterocycles. The normalized spacial score (nSPS) is 15.5. The van der Waals surface area contributed by atoms with Crippen LogP contribution < -0.4 is 5.32 Å². The largest absolute Gasteiger partial charge is 0.327 e. The molecule has 1 aromatic carbocycles. The SMILES string of the molecule is CCn1c(CN2CCCC2)nc2cc(NC(=O)CC(C)C)ccc21. The number of hydrogen-bond donors (Lipinski definition) is 1. The maximum Gasteiger partial charge on any atom is 0.224 e. The van der Waals surface area contributed by atoms with Crippen LogP contribution in [0.25, 0.3) is 11.0 Å². The summed E-state index contributed by atoms with van der Waals surface area (Å²) in [6.45, 7) is 10.4. The van der Waals surface area contributed by atoms with Crippen LogP contribution in [0.15, 0.2) is 18.2 Å². The minimum absolute atomic E-state index is 0.0663. The first-order valence-electron chi connectivity index (χ1n) is 9.08. The number of benzene rings is 1. The highest BCUT2D eigenvalue weighted by atomic mass is 16.1. The number of hydrogen-bond acceptors (Lipinski definition) is 3. The van der Waals surface area contributed by atoms with E-state index in [1.54, 1.807) is 0 Å². The second-order valence-corrected chi connectivity index (χ2v) is 7.11. The second-order valence-electron chi connectivity index (χ2n) is 7.11. The monoisotopic (exact) mass is 328 g/mol. The van der Waals surface area contributed by atoms with Crippen molar-refractivity contribution >= 4 is 22.6 Å². The highest BCUT2D eigenvalue weighted by Gasteiger charge is 2.17. The smallest absolute Gasteiger partial charge is 0.224 e. The van der Waals surface area contributed by atoms with Crippen molar-refractivity contribution in [1.82, 2.24) is 14.5 Å². The molecule has 2 aromatic rings. The molecular formula is C19H28N4O. The van der Waals surface area contributed by atoms with E-state index in [0.29, 0.717) is 12.3 Å².